The second kappa shape index (κ2) is 6.66. The maximum atomic E-state index is 13.3. The van der Waals surface area contributed by atoms with Gasteiger partial charge in [-0.25, -0.2) is 4.79 Å². The Bertz CT molecular complexity index is 956. The summed E-state index contributed by atoms with van der Waals surface area (Å²) in [6.45, 7) is 2.07. The summed E-state index contributed by atoms with van der Waals surface area (Å²) in [6, 6.07) is 4.90. The second-order valence-electron chi connectivity index (χ2n) is 6.36. The van der Waals surface area contributed by atoms with E-state index in [-0.39, 0.29) is 5.82 Å². The first-order chi connectivity index (χ1) is 13.0. The molecule has 1 aliphatic rings. The molecule has 148 valence electrons. The van der Waals surface area contributed by atoms with Gasteiger partial charge in [0.25, 0.3) is 5.91 Å². The van der Waals surface area contributed by atoms with E-state index in [2.05, 4.69) is 15.8 Å². The molecular formula is C17H15F3N4O4. The van der Waals surface area contributed by atoms with Crippen LogP contribution in [-0.4, -0.2) is 34.4 Å². The van der Waals surface area contributed by atoms with E-state index in [0.717, 1.165) is 19.1 Å². The molecule has 0 saturated carbocycles. The molecule has 1 aliphatic heterocycles. The molecule has 2 N–H and O–H groups in total. The molecule has 0 aliphatic carbocycles. The molecule has 1 saturated heterocycles. The fraction of sp³-hybridized carbons (Fsp3) is 0.294. The minimum Gasteiger partial charge on any atom is -0.360 e. The van der Waals surface area contributed by atoms with Crippen LogP contribution in [0.2, 0.25) is 0 Å². The molecule has 0 bridgehead atoms. The minimum atomic E-state index is -4.72. The summed E-state index contributed by atoms with van der Waals surface area (Å²) in [4.78, 5) is 37.6. The first-order valence-electron chi connectivity index (χ1n) is 8.06. The fourth-order valence-corrected chi connectivity index (χ4v) is 2.94. The molecule has 1 fully saturated rings. The van der Waals surface area contributed by atoms with Crippen molar-refractivity contribution in [3.8, 4) is 0 Å². The van der Waals surface area contributed by atoms with Crippen molar-refractivity contribution in [2.24, 2.45) is 0 Å². The number of anilines is 1. The fourth-order valence-electron chi connectivity index (χ4n) is 2.94. The van der Waals surface area contributed by atoms with Crippen LogP contribution in [0.3, 0.4) is 0 Å². The minimum absolute atomic E-state index is 0.0831. The molecular weight excluding hydrogens is 381 g/mol. The molecule has 0 radical (unpaired) electrons. The Balaban J connectivity index is 1.84. The highest BCUT2D eigenvalue weighted by Gasteiger charge is 2.52. The number of carbonyl (C=O) groups is 3. The van der Waals surface area contributed by atoms with Crippen molar-refractivity contribution >= 4 is 23.7 Å². The van der Waals surface area contributed by atoms with Gasteiger partial charge < -0.3 is 15.2 Å². The SMILES string of the molecule is Cc1cc(NC(=O)CN2C(=O)N[C@@](C)(c3ccccc3C(F)(F)F)C2=O)no1. The van der Waals surface area contributed by atoms with E-state index in [1.165, 1.54) is 18.2 Å². The van der Waals surface area contributed by atoms with E-state index in [1.54, 1.807) is 6.92 Å². The third-order valence-electron chi connectivity index (χ3n) is 4.24. The Labute approximate surface area is 156 Å². The number of rotatable bonds is 4. The largest absolute Gasteiger partial charge is 0.416 e. The second-order valence-corrected chi connectivity index (χ2v) is 6.36. The van der Waals surface area contributed by atoms with Gasteiger partial charge in [-0.3, -0.25) is 14.5 Å². The topological polar surface area (TPSA) is 105 Å². The quantitative estimate of drug-likeness (QED) is 0.773. The maximum absolute atomic E-state index is 13.3. The number of aryl methyl sites for hydroxylation is 1. The lowest BCUT2D eigenvalue weighted by molar-refractivity contribution is -0.140. The highest BCUT2D eigenvalue weighted by molar-refractivity contribution is 6.10. The standard InChI is InChI=1S/C17H15F3N4O4/c1-9-7-12(23-28-9)21-13(25)8-24-14(26)16(2,22-15(24)27)10-5-3-4-6-11(10)17(18,19)20/h3-7H,8H2,1-2H3,(H,22,27)(H,21,23,25)/t16-/m0/s1. The van der Waals surface area contributed by atoms with Gasteiger partial charge >= 0.3 is 12.2 Å². The van der Waals surface area contributed by atoms with Gasteiger partial charge in [0.05, 0.1) is 5.56 Å². The lowest BCUT2D eigenvalue weighted by Gasteiger charge is -2.25. The Hall–Kier alpha value is -3.37. The normalized spacial score (nSPS) is 19.7. The number of benzene rings is 1. The third kappa shape index (κ3) is 3.42. The van der Waals surface area contributed by atoms with Crippen molar-refractivity contribution in [3.05, 3.63) is 47.2 Å². The van der Waals surface area contributed by atoms with Crippen LogP contribution < -0.4 is 10.6 Å². The van der Waals surface area contributed by atoms with Crippen LogP contribution in [0.5, 0.6) is 0 Å². The summed E-state index contributed by atoms with van der Waals surface area (Å²) in [5, 5.41) is 8.14. The number of aromatic nitrogens is 1. The highest BCUT2D eigenvalue weighted by atomic mass is 19.4. The van der Waals surface area contributed by atoms with Crippen molar-refractivity contribution in [2.45, 2.75) is 25.6 Å². The summed E-state index contributed by atoms with van der Waals surface area (Å²) in [7, 11) is 0. The number of hydrogen-bond donors (Lipinski definition) is 2. The van der Waals surface area contributed by atoms with Gasteiger partial charge in [0.2, 0.25) is 5.91 Å². The number of carbonyl (C=O) groups excluding carboxylic acids is 3. The Morgan fingerprint density at radius 2 is 2.00 bits per heavy atom. The average Bonchev–Trinajstić information content (AvgIpc) is 3.11. The summed E-state index contributed by atoms with van der Waals surface area (Å²) < 4.78 is 44.8. The van der Waals surface area contributed by atoms with Crippen LogP contribution in [0.15, 0.2) is 34.9 Å². The molecule has 11 heteroatoms. The van der Waals surface area contributed by atoms with Crippen molar-refractivity contribution < 1.29 is 32.1 Å². The van der Waals surface area contributed by atoms with Crippen LogP contribution in [0.25, 0.3) is 0 Å². The van der Waals surface area contributed by atoms with Gasteiger partial charge in [-0.15, -0.1) is 0 Å². The average molecular weight is 396 g/mol. The Kier molecular flexibility index (Phi) is 4.61. The highest BCUT2D eigenvalue weighted by Crippen LogP contribution is 2.39. The number of halogens is 3. The van der Waals surface area contributed by atoms with Crippen LogP contribution in [0.4, 0.5) is 23.8 Å². The molecule has 4 amide bonds. The van der Waals surface area contributed by atoms with Gasteiger partial charge in [-0.2, -0.15) is 13.2 Å². The molecule has 1 atom stereocenters. The third-order valence-corrected chi connectivity index (χ3v) is 4.24. The molecule has 3 rings (SSSR count). The van der Waals surface area contributed by atoms with E-state index < -0.39 is 47.2 Å². The van der Waals surface area contributed by atoms with Crippen molar-refractivity contribution in [1.82, 2.24) is 15.4 Å². The number of hydrogen-bond acceptors (Lipinski definition) is 5. The number of nitrogens with zero attached hydrogens (tertiary/aromatic N) is 2. The molecule has 1 aromatic heterocycles. The van der Waals surface area contributed by atoms with Gasteiger partial charge in [-0.1, -0.05) is 23.4 Å². The molecule has 2 aromatic rings. The molecule has 8 nitrogen and oxygen atoms in total. The van der Waals surface area contributed by atoms with Crippen molar-refractivity contribution in [2.75, 3.05) is 11.9 Å². The zero-order valence-corrected chi connectivity index (χ0v) is 14.8. The molecule has 0 spiro atoms. The zero-order valence-electron chi connectivity index (χ0n) is 14.8. The number of amides is 4. The van der Waals surface area contributed by atoms with Crippen molar-refractivity contribution in [1.29, 1.82) is 0 Å². The Morgan fingerprint density at radius 3 is 2.61 bits per heavy atom. The van der Waals surface area contributed by atoms with Crippen LogP contribution in [-0.2, 0) is 21.3 Å². The van der Waals surface area contributed by atoms with Crippen LogP contribution >= 0.6 is 0 Å². The number of alkyl halides is 3. The van der Waals surface area contributed by atoms with Crippen molar-refractivity contribution in [3.63, 3.8) is 0 Å². The van der Waals surface area contributed by atoms with Gasteiger partial charge in [0.1, 0.15) is 17.8 Å². The van der Waals surface area contributed by atoms with E-state index in [1.807, 2.05) is 0 Å². The zero-order chi connectivity index (χ0) is 20.7. The van der Waals surface area contributed by atoms with Crippen LogP contribution in [0, 0.1) is 6.92 Å². The first kappa shape index (κ1) is 19.4. The van der Waals surface area contributed by atoms with Gasteiger partial charge in [0, 0.05) is 6.07 Å². The number of imide groups is 1. The monoisotopic (exact) mass is 396 g/mol. The first-order valence-corrected chi connectivity index (χ1v) is 8.06. The molecule has 1 aromatic carbocycles. The molecule has 2 heterocycles. The molecule has 0 unspecified atom stereocenters. The lowest BCUT2D eigenvalue weighted by atomic mass is 9.87. The summed E-state index contributed by atoms with van der Waals surface area (Å²) in [5.74, 6) is -1.22. The number of urea groups is 1. The predicted molar refractivity (Wildman–Crippen MR) is 88.9 cm³/mol. The summed E-state index contributed by atoms with van der Waals surface area (Å²) >= 11 is 0. The van der Waals surface area contributed by atoms with E-state index >= 15 is 0 Å². The summed E-state index contributed by atoms with van der Waals surface area (Å²) in [5.41, 5.74) is -3.42. The van der Waals surface area contributed by atoms with E-state index in [9.17, 15) is 27.6 Å². The van der Waals surface area contributed by atoms with E-state index in [0.29, 0.717) is 10.7 Å². The van der Waals surface area contributed by atoms with Gasteiger partial charge in [-0.05, 0) is 25.5 Å². The smallest absolute Gasteiger partial charge is 0.360 e. The van der Waals surface area contributed by atoms with Gasteiger partial charge in [0.15, 0.2) is 5.82 Å². The predicted octanol–water partition coefficient (Wildman–Crippen LogP) is 2.41. The van der Waals surface area contributed by atoms with Crippen LogP contribution in [0.1, 0.15) is 23.8 Å². The van der Waals surface area contributed by atoms with E-state index in [4.69, 9.17) is 4.52 Å². The summed E-state index contributed by atoms with van der Waals surface area (Å²) in [6.07, 6.45) is -4.72. The maximum Gasteiger partial charge on any atom is 0.416 e. The Morgan fingerprint density at radius 1 is 1.32 bits per heavy atom. The lowest BCUT2D eigenvalue weighted by Crippen LogP contribution is -2.43. The number of nitrogens with one attached hydrogen (secondary N) is 2. The molecule has 28 heavy (non-hydrogen) atoms.